The number of rotatable bonds is 6. The van der Waals surface area contributed by atoms with E-state index in [1.807, 2.05) is 0 Å². The highest BCUT2D eigenvalue weighted by molar-refractivity contribution is 6.03. The van der Waals surface area contributed by atoms with Gasteiger partial charge in [0.1, 0.15) is 17.4 Å². The molecule has 0 spiro atoms. The molecule has 36 heavy (non-hydrogen) atoms. The number of anilines is 1. The third kappa shape index (κ3) is 5.87. The van der Waals surface area contributed by atoms with Gasteiger partial charge in [0.25, 0.3) is 5.56 Å². The summed E-state index contributed by atoms with van der Waals surface area (Å²) in [5.74, 6) is -0.402. The van der Waals surface area contributed by atoms with E-state index in [1.165, 1.54) is 35.4 Å². The molecule has 12 heteroatoms. The Morgan fingerprint density at radius 2 is 1.97 bits per heavy atom. The number of aromatic nitrogens is 1. The Hall–Kier alpha value is -3.40. The van der Waals surface area contributed by atoms with Gasteiger partial charge in [0, 0.05) is 39.0 Å². The average Bonchev–Trinajstić information content (AvgIpc) is 2.85. The zero-order valence-electron chi connectivity index (χ0n) is 19.5. The Morgan fingerprint density at radius 1 is 1.25 bits per heavy atom. The van der Waals surface area contributed by atoms with Gasteiger partial charge in [-0.2, -0.15) is 18.4 Å². The lowest BCUT2D eigenvalue weighted by Gasteiger charge is -2.36. The first-order valence-corrected chi connectivity index (χ1v) is 11.7. The second-order valence-corrected chi connectivity index (χ2v) is 8.76. The Bertz CT molecular complexity index is 1170. The van der Waals surface area contributed by atoms with Gasteiger partial charge in [-0.3, -0.25) is 9.69 Å². The predicted octanol–water partition coefficient (Wildman–Crippen LogP) is 2.26. The molecule has 2 aromatic rings. The summed E-state index contributed by atoms with van der Waals surface area (Å²) in [6.07, 6.45) is -2.41. The Kier molecular flexibility index (Phi) is 7.93. The lowest BCUT2D eigenvalue weighted by Crippen LogP contribution is -2.49. The number of aliphatic imine (C=N–C) groups is 1. The molecular weight excluding hydrogens is 475 g/mol. The molecule has 2 fully saturated rings. The maximum Gasteiger partial charge on any atom is 0.408 e. The van der Waals surface area contributed by atoms with Crippen molar-refractivity contribution in [3.8, 4) is 6.07 Å². The Morgan fingerprint density at radius 3 is 2.64 bits per heavy atom. The first-order valence-electron chi connectivity index (χ1n) is 11.7. The minimum atomic E-state index is -4.43. The van der Waals surface area contributed by atoms with Crippen molar-refractivity contribution in [1.29, 1.82) is 5.26 Å². The number of hydrogen-bond acceptors (Lipinski definition) is 7. The van der Waals surface area contributed by atoms with Crippen molar-refractivity contribution >= 4 is 17.2 Å². The highest BCUT2D eigenvalue weighted by Crippen LogP contribution is 2.38. The molecule has 0 saturated carbocycles. The fraction of sp³-hybridized carbons (Fsp3) is 0.458. The minimum absolute atomic E-state index is 0.0813. The van der Waals surface area contributed by atoms with Crippen LogP contribution in [0.4, 0.5) is 24.5 Å². The highest BCUT2D eigenvalue weighted by atomic mass is 19.4. The van der Waals surface area contributed by atoms with Gasteiger partial charge >= 0.3 is 6.18 Å². The zero-order valence-corrected chi connectivity index (χ0v) is 19.5. The highest BCUT2D eigenvalue weighted by Gasteiger charge is 2.44. The van der Waals surface area contributed by atoms with Crippen molar-refractivity contribution in [1.82, 2.24) is 15.2 Å². The van der Waals surface area contributed by atoms with Gasteiger partial charge < -0.3 is 26.1 Å². The molecule has 9 nitrogen and oxygen atoms in total. The van der Waals surface area contributed by atoms with Gasteiger partial charge in [0.2, 0.25) is 0 Å². The SMILES string of the molecule is N#CC1CCOC[C@@H]1Nc1cc[nH]c(=O)c1C(N)=Nc1ccc(C(N2CCNCC2)C(F)(F)F)cc1. The van der Waals surface area contributed by atoms with Gasteiger partial charge in [0.05, 0.1) is 36.0 Å². The first kappa shape index (κ1) is 25.7. The van der Waals surface area contributed by atoms with E-state index >= 15 is 0 Å². The number of nitrogens with one attached hydrogen (secondary N) is 3. The third-order valence-electron chi connectivity index (χ3n) is 6.37. The van der Waals surface area contributed by atoms with Crippen molar-refractivity contribution in [2.75, 3.05) is 44.7 Å². The molecule has 0 aliphatic carbocycles. The normalized spacial score (nSPS) is 22.6. The lowest BCUT2D eigenvalue weighted by molar-refractivity contribution is -0.187. The summed E-state index contributed by atoms with van der Waals surface area (Å²) in [6, 6.07) is 7.50. The number of amidine groups is 1. The molecule has 5 N–H and O–H groups in total. The largest absolute Gasteiger partial charge is 0.408 e. The van der Waals surface area contributed by atoms with Gasteiger partial charge in [-0.05, 0) is 30.2 Å². The monoisotopic (exact) mass is 503 g/mol. The van der Waals surface area contributed by atoms with Crippen LogP contribution in [0.3, 0.4) is 0 Å². The van der Waals surface area contributed by atoms with Crippen LogP contribution >= 0.6 is 0 Å². The van der Waals surface area contributed by atoms with Crippen LogP contribution < -0.4 is 21.9 Å². The molecule has 2 unspecified atom stereocenters. The molecule has 3 heterocycles. The second-order valence-electron chi connectivity index (χ2n) is 8.76. The average molecular weight is 504 g/mol. The summed E-state index contributed by atoms with van der Waals surface area (Å²) in [4.78, 5) is 20.9. The van der Waals surface area contributed by atoms with E-state index in [9.17, 15) is 23.2 Å². The molecule has 0 radical (unpaired) electrons. The quantitative estimate of drug-likeness (QED) is 0.351. The number of nitrogens with two attached hydrogens (primary N) is 1. The van der Waals surface area contributed by atoms with E-state index < -0.39 is 17.8 Å². The van der Waals surface area contributed by atoms with Crippen molar-refractivity contribution in [2.24, 2.45) is 16.6 Å². The van der Waals surface area contributed by atoms with Crippen molar-refractivity contribution in [2.45, 2.75) is 24.7 Å². The standard InChI is InChI=1S/C24H28F3N7O2/c25-24(26,27)21(34-10-8-30-9-11-34)15-1-3-17(4-2-15)32-22(29)20-18(5-7-31-23(20)35)33-19-14-36-12-6-16(19)13-28/h1-5,7,16,19,21,30H,6,8-12,14H2,(H2,29,32)(H2,31,33,35)/t16?,19-,21?/m0/s1. The van der Waals surface area contributed by atoms with Crippen LogP contribution in [0.2, 0.25) is 0 Å². The van der Waals surface area contributed by atoms with Gasteiger partial charge in [-0.25, -0.2) is 4.99 Å². The smallest absolute Gasteiger partial charge is 0.383 e. The molecule has 1 aromatic carbocycles. The number of hydrogen-bond donors (Lipinski definition) is 4. The summed E-state index contributed by atoms with van der Waals surface area (Å²) < 4.78 is 47.1. The number of pyridine rings is 1. The molecule has 2 aliphatic heterocycles. The molecule has 4 rings (SSSR count). The van der Waals surface area contributed by atoms with Gasteiger partial charge in [-0.1, -0.05) is 12.1 Å². The summed E-state index contributed by atoms with van der Waals surface area (Å²) in [5, 5.41) is 15.7. The third-order valence-corrected chi connectivity index (χ3v) is 6.37. The Labute approximate surface area is 206 Å². The molecular formula is C24H28F3N7O2. The second kappa shape index (κ2) is 11.1. The topological polar surface area (TPSA) is 132 Å². The number of aromatic amines is 1. The number of ether oxygens (including phenoxy) is 1. The van der Waals surface area contributed by atoms with Crippen molar-refractivity contribution < 1.29 is 17.9 Å². The number of piperazine rings is 1. The number of H-pyrrole nitrogens is 1. The number of halogens is 3. The van der Waals surface area contributed by atoms with Crippen molar-refractivity contribution in [3.63, 3.8) is 0 Å². The van der Waals surface area contributed by atoms with E-state index in [4.69, 9.17) is 10.5 Å². The van der Waals surface area contributed by atoms with Crippen LogP contribution in [0.25, 0.3) is 0 Å². The van der Waals surface area contributed by atoms with E-state index in [1.54, 1.807) is 6.07 Å². The number of nitriles is 1. The van der Waals surface area contributed by atoms with Crippen LogP contribution in [0.5, 0.6) is 0 Å². The lowest BCUT2D eigenvalue weighted by atomic mass is 9.96. The molecule has 192 valence electrons. The molecule has 2 aliphatic rings. The van der Waals surface area contributed by atoms with E-state index in [0.717, 1.165) is 0 Å². The number of alkyl halides is 3. The van der Waals surface area contributed by atoms with E-state index in [0.29, 0.717) is 57.2 Å². The number of benzene rings is 1. The van der Waals surface area contributed by atoms with Gasteiger partial charge in [0.15, 0.2) is 0 Å². The minimum Gasteiger partial charge on any atom is -0.383 e. The molecule has 0 bridgehead atoms. The maximum absolute atomic E-state index is 13.9. The fourth-order valence-corrected chi connectivity index (χ4v) is 4.56. The van der Waals surface area contributed by atoms with Crippen LogP contribution in [0.15, 0.2) is 46.3 Å². The van der Waals surface area contributed by atoms with Crippen LogP contribution in [0, 0.1) is 17.2 Å². The summed E-state index contributed by atoms with van der Waals surface area (Å²) >= 11 is 0. The molecule has 2 saturated heterocycles. The summed E-state index contributed by atoms with van der Waals surface area (Å²) in [6.45, 7) is 2.37. The Balaban J connectivity index is 1.59. The molecule has 0 amide bonds. The molecule has 3 atom stereocenters. The summed E-state index contributed by atoms with van der Waals surface area (Å²) in [7, 11) is 0. The van der Waals surface area contributed by atoms with Crippen LogP contribution in [-0.4, -0.2) is 67.3 Å². The number of nitrogens with zero attached hydrogens (tertiary/aromatic N) is 3. The fourth-order valence-electron chi connectivity index (χ4n) is 4.56. The zero-order chi connectivity index (χ0) is 25.7. The first-order chi connectivity index (χ1) is 17.3. The maximum atomic E-state index is 13.9. The predicted molar refractivity (Wildman–Crippen MR) is 129 cm³/mol. The van der Waals surface area contributed by atoms with E-state index in [2.05, 4.69) is 26.7 Å². The van der Waals surface area contributed by atoms with Crippen LogP contribution in [-0.2, 0) is 4.74 Å². The van der Waals surface area contributed by atoms with E-state index in [-0.39, 0.29) is 28.9 Å². The molecule has 1 aromatic heterocycles. The van der Waals surface area contributed by atoms with Gasteiger partial charge in [-0.15, -0.1) is 0 Å². The van der Waals surface area contributed by atoms with Crippen molar-refractivity contribution in [3.05, 3.63) is 58.0 Å². The summed E-state index contributed by atoms with van der Waals surface area (Å²) in [5.41, 5.74) is 6.59. The van der Waals surface area contributed by atoms with Crippen LogP contribution in [0.1, 0.15) is 23.6 Å².